The molecule has 0 aromatic carbocycles. The zero-order chi connectivity index (χ0) is 10.7. The maximum absolute atomic E-state index is 9.43. The van der Waals surface area contributed by atoms with Gasteiger partial charge in [0.15, 0.2) is 0 Å². The van der Waals surface area contributed by atoms with Crippen molar-refractivity contribution < 1.29 is 19.8 Å². The summed E-state index contributed by atoms with van der Waals surface area (Å²) in [5.74, 6) is -2.62. The lowest BCUT2D eigenvalue weighted by Crippen LogP contribution is -2.03. The van der Waals surface area contributed by atoms with Crippen LogP contribution in [0.3, 0.4) is 0 Å². The molecule has 0 atom stereocenters. The first kappa shape index (κ1) is 14.9. The standard InChI is InChI=1S/C5H11Br.C3H4O4/c1-2-3-4-5-6;4-2(5)1-3(6)7/h2-5H2,1H3;1H2,(H,4,5)(H,6,7). The Labute approximate surface area is 86.1 Å². The highest BCUT2D eigenvalue weighted by Gasteiger charge is 2.01. The Morgan fingerprint density at radius 2 is 1.62 bits per heavy atom. The average molecular weight is 255 g/mol. The van der Waals surface area contributed by atoms with Crippen LogP contribution in [0.15, 0.2) is 0 Å². The summed E-state index contributed by atoms with van der Waals surface area (Å²) in [6.07, 6.45) is 3.22. The smallest absolute Gasteiger partial charge is 0.314 e. The fraction of sp³-hybridized carbons (Fsp3) is 0.750. The zero-order valence-corrected chi connectivity index (χ0v) is 9.21. The van der Waals surface area contributed by atoms with Crippen molar-refractivity contribution in [3.8, 4) is 0 Å². The summed E-state index contributed by atoms with van der Waals surface area (Å²) >= 11 is 3.35. The lowest BCUT2D eigenvalue weighted by Gasteiger charge is -1.85. The highest BCUT2D eigenvalue weighted by atomic mass is 79.9. The third-order valence-corrected chi connectivity index (χ3v) is 1.60. The van der Waals surface area contributed by atoms with E-state index in [0.717, 1.165) is 0 Å². The number of aliphatic carboxylic acids is 2. The summed E-state index contributed by atoms with van der Waals surface area (Å²) in [5.41, 5.74) is 0. The van der Waals surface area contributed by atoms with Crippen molar-refractivity contribution >= 4 is 27.9 Å². The number of unbranched alkanes of at least 4 members (excludes halogenated alkanes) is 2. The van der Waals surface area contributed by atoms with Gasteiger partial charge in [-0.1, -0.05) is 35.7 Å². The Morgan fingerprint density at radius 1 is 1.15 bits per heavy atom. The molecular formula is C8H15BrO4. The van der Waals surface area contributed by atoms with Gasteiger partial charge in [-0.05, 0) is 6.42 Å². The van der Waals surface area contributed by atoms with Gasteiger partial charge in [-0.2, -0.15) is 0 Å². The van der Waals surface area contributed by atoms with Gasteiger partial charge in [0.05, 0.1) is 0 Å². The predicted octanol–water partition coefficient (Wildman–Crippen LogP) is 2.12. The molecule has 78 valence electrons. The van der Waals surface area contributed by atoms with Gasteiger partial charge < -0.3 is 10.2 Å². The quantitative estimate of drug-likeness (QED) is 0.448. The summed E-state index contributed by atoms with van der Waals surface area (Å²) < 4.78 is 0. The normalized spacial score (nSPS) is 8.46. The minimum Gasteiger partial charge on any atom is -0.481 e. The summed E-state index contributed by atoms with van der Waals surface area (Å²) in [6, 6.07) is 0. The van der Waals surface area contributed by atoms with Crippen LogP contribution < -0.4 is 0 Å². The molecule has 0 aromatic rings. The second-order valence-corrected chi connectivity index (χ2v) is 3.15. The third kappa shape index (κ3) is 24.6. The number of hydrogen-bond acceptors (Lipinski definition) is 2. The van der Waals surface area contributed by atoms with Gasteiger partial charge in [0.2, 0.25) is 0 Å². The van der Waals surface area contributed by atoms with E-state index in [1.165, 1.54) is 24.6 Å². The van der Waals surface area contributed by atoms with Crippen molar-refractivity contribution in [1.82, 2.24) is 0 Å². The largest absolute Gasteiger partial charge is 0.481 e. The fourth-order valence-electron chi connectivity index (χ4n) is 0.474. The topological polar surface area (TPSA) is 74.6 Å². The first-order chi connectivity index (χ1) is 6.04. The average Bonchev–Trinajstić information content (AvgIpc) is 1.99. The summed E-state index contributed by atoms with van der Waals surface area (Å²) in [7, 11) is 0. The van der Waals surface area contributed by atoms with E-state index < -0.39 is 18.4 Å². The Bertz CT molecular complexity index is 131. The van der Waals surface area contributed by atoms with Gasteiger partial charge in [0.1, 0.15) is 6.42 Å². The molecule has 0 amide bonds. The van der Waals surface area contributed by atoms with Gasteiger partial charge in [-0.3, -0.25) is 9.59 Å². The number of carboxylic acid groups (broad SMARTS) is 2. The van der Waals surface area contributed by atoms with Crippen molar-refractivity contribution in [2.24, 2.45) is 0 Å². The van der Waals surface area contributed by atoms with Gasteiger partial charge >= 0.3 is 11.9 Å². The molecule has 0 bridgehead atoms. The second kappa shape index (κ2) is 11.4. The zero-order valence-electron chi connectivity index (χ0n) is 7.62. The number of hydrogen-bond donors (Lipinski definition) is 2. The number of alkyl halides is 1. The van der Waals surface area contributed by atoms with E-state index in [9.17, 15) is 9.59 Å². The Kier molecular flexibility index (Phi) is 13.1. The number of carboxylic acids is 2. The van der Waals surface area contributed by atoms with Crippen molar-refractivity contribution in [3.63, 3.8) is 0 Å². The minimum absolute atomic E-state index is 0.806. The maximum Gasteiger partial charge on any atom is 0.314 e. The van der Waals surface area contributed by atoms with Crippen LogP contribution in [0.2, 0.25) is 0 Å². The molecule has 4 nitrogen and oxygen atoms in total. The molecule has 13 heavy (non-hydrogen) atoms. The van der Waals surface area contributed by atoms with Crippen molar-refractivity contribution in [2.75, 3.05) is 5.33 Å². The number of rotatable bonds is 5. The Morgan fingerprint density at radius 3 is 1.69 bits per heavy atom. The van der Waals surface area contributed by atoms with Crippen LogP contribution in [0.1, 0.15) is 32.6 Å². The highest BCUT2D eigenvalue weighted by molar-refractivity contribution is 9.09. The molecule has 5 heteroatoms. The van der Waals surface area contributed by atoms with Crippen LogP contribution in [0.4, 0.5) is 0 Å². The molecule has 0 rings (SSSR count). The molecule has 0 fully saturated rings. The molecule has 0 radical (unpaired) electrons. The molecule has 0 aliphatic heterocycles. The van der Waals surface area contributed by atoms with E-state index in [1.54, 1.807) is 0 Å². The van der Waals surface area contributed by atoms with Crippen LogP contribution in [0, 0.1) is 0 Å². The monoisotopic (exact) mass is 254 g/mol. The SMILES string of the molecule is CCCCCBr.O=C(O)CC(=O)O. The van der Waals surface area contributed by atoms with E-state index in [-0.39, 0.29) is 0 Å². The summed E-state index contributed by atoms with van der Waals surface area (Å²) in [6.45, 7) is 2.21. The minimum atomic E-state index is -1.31. The fourth-order valence-corrected chi connectivity index (χ4v) is 0.870. The van der Waals surface area contributed by atoms with Gasteiger partial charge in [-0.25, -0.2) is 0 Å². The van der Waals surface area contributed by atoms with Gasteiger partial charge in [0.25, 0.3) is 0 Å². The van der Waals surface area contributed by atoms with Crippen molar-refractivity contribution in [2.45, 2.75) is 32.6 Å². The molecule has 0 unspecified atom stereocenters. The van der Waals surface area contributed by atoms with E-state index in [1.807, 2.05) is 0 Å². The molecule has 0 spiro atoms. The molecule has 0 saturated heterocycles. The molecule has 0 aliphatic rings. The molecule has 0 saturated carbocycles. The van der Waals surface area contributed by atoms with Crippen LogP contribution >= 0.6 is 15.9 Å². The van der Waals surface area contributed by atoms with Crippen molar-refractivity contribution in [1.29, 1.82) is 0 Å². The first-order valence-corrected chi connectivity index (χ1v) is 5.16. The molecular weight excluding hydrogens is 240 g/mol. The van der Waals surface area contributed by atoms with Crippen LogP contribution in [0.25, 0.3) is 0 Å². The third-order valence-electron chi connectivity index (χ3n) is 1.04. The van der Waals surface area contributed by atoms with E-state index >= 15 is 0 Å². The van der Waals surface area contributed by atoms with E-state index in [0.29, 0.717) is 0 Å². The lowest BCUT2D eigenvalue weighted by molar-refractivity contribution is -0.147. The van der Waals surface area contributed by atoms with E-state index in [2.05, 4.69) is 22.9 Å². The number of halogens is 1. The van der Waals surface area contributed by atoms with Crippen LogP contribution in [-0.4, -0.2) is 27.5 Å². The van der Waals surface area contributed by atoms with Crippen LogP contribution in [0.5, 0.6) is 0 Å². The summed E-state index contributed by atoms with van der Waals surface area (Å²) in [5, 5.41) is 16.6. The second-order valence-electron chi connectivity index (χ2n) is 2.36. The van der Waals surface area contributed by atoms with Gasteiger partial charge in [0, 0.05) is 5.33 Å². The predicted molar refractivity (Wildman–Crippen MR) is 53.2 cm³/mol. The van der Waals surface area contributed by atoms with E-state index in [4.69, 9.17) is 10.2 Å². The van der Waals surface area contributed by atoms with Crippen molar-refractivity contribution in [3.05, 3.63) is 0 Å². The molecule has 0 aromatic heterocycles. The molecule has 0 aliphatic carbocycles. The van der Waals surface area contributed by atoms with Crippen LogP contribution in [-0.2, 0) is 9.59 Å². The lowest BCUT2D eigenvalue weighted by atomic mass is 10.3. The Hall–Kier alpha value is -0.580. The number of carbonyl (C=O) groups is 2. The van der Waals surface area contributed by atoms with Gasteiger partial charge in [-0.15, -0.1) is 0 Å². The molecule has 0 heterocycles. The highest BCUT2D eigenvalue weighted by Crippen LogP contribution is 1.95. The molecule has 2 N–H and O–H groups in total. The maximum atomic E-state index is 9.43. The Balaban J connectivity index is 0. The summed E-state index contributed by atoms with van der Waals surface area (Å²) in [4.78, 5) is 18.9. The first-order valence-electron chi connectivity index (χ1n) is 4.04.